The van der Waals surface area contributed by atoms with Crippen molar-refractivity contribution < 1.29 is 9.53 Å². The van der Waals surface area contributed by atoms with Crippen molar-refractivity contribution in [2.45, 2.75) is 44.9 Å². The number of benzene rings is 1. The number of morpholine rings is 1. The molecule has 0 unspecified atom stereocenters. The second-order valence-corrected chi connectivity index (χ2v) is 8.45. The van der Waals surface area contributed by atoms with Crippen LogP contribution in [0.5, 0.6) is 0 Å². The number of hydrogen-bond donors (Lipinski definition) is 1. The average molecular weight is 415 g/mol. The van der Waals surface area contributed by atoms with Crippen molar-refractivity contribution in [1.29, 1.82) is 0 Å². The van der Waals surface area contributed by atoms with Crippen LogP contribution >= 0.6 is 0 Å². The molecule has 2 heterocycles. The predicted octanol–water partition coefficient (Wildman–Crippen LogP) is 2.89. The number of nitrogens with one attached hydrogen (secondary N) is 1. The van der Waals surface area contributed by atoms with Crippen LogP contribution in [0.1, 0.15) is 45.1 Å². The summed E-state index contributed by atoms with van der Waals surface area (Å²) in [6.07, 6.45) is 3.94. The molecule has 2 aliphatic heterocycles. The van der Waals surface area contributed by atoms with Crippen molar-refractivity contribution in [3.63, 3.8) is 0 Å². The number of ether oxygens (including phenoxy) is 1. The Morgan fingerprint density at radius 3 is 2.27 bits per heavy atom. The first kappa shape index (κ1) is 22.6. The van der Waals surface area contributed by atoms with Gasteiger partial charge in [-0.1, -0.05) is 44.2 Å². The van der Waals surface area contributed by atoms with Crippen molar-refractivity contribution >= 4 is 11.9 Å². The topological polar surface area (TPSA) is 57.2 Å². The number of carbonyl (C=O) groups excluding carboxylic acids is 1. The molecule has 0 spiro atoms. The SMILES string of the molecule is CCC(CC)(CNC(=NC)N1CCC(C(=O)N2CCOCC2)CC1)c1ccccc1. The molecule has 1 N–H and O–H groups in total. The van der Waals surface area contributed by atoms with Gasteiger partial charge in [-0.2, -0.15) is 0 Å². The summed E-state index contributed by atoms with van der Waals surface area (Å²) in [6.45, 7) is 9.94. The van der Waals surface area contributed by atoms with Gasteiger partial charge in [0.2, 0.25) is 5.91 Å². The quantitative estimate of drug-likeness (QED) is 0.574. The van der Waals surface area contributed by atoms with Crippen LogP contribution in [0.15, 0.2) is 35.3 Å². The predicted molar refractivity (Wildman–Crippen MR) is 122 cm³/mol. The molecule has 2 fully saturated rings. The molecule has 1 aromatic carbocycles. The average Bonchev–Trinajstić information content (AvgIpc) is 2.83. The smallest absolute Gasteiger partial charge is 0.225 e. The molecule has 0 radical (unpaired) electrons. The van der Waals surface area contributed by atoms with Gasteiger partial charge in [-0.3, -0.25) is 9.79 Å². The van der Waals surface area contributed by atoms with Crippen LogP contribution < -0.4 is 5.32 Å². The third-order valence-electron chi connectivity index (χ3n) is 7.00. The zero-order chi connectivity index (χ0) is 21.4. The molecule has 2 saturated heterocycles. The molecule has 1 amide bonds. The van der Waals surface area contributed by atoms with Gasteiger partial charge in [0.05, 0.1) is 13.2 Å². The zero-order valence-corrected chi connectivity index (χ0v) is 18.9. The van der Waals surface area contributed by atoms with Gasteiger partial charge in [-0.05, 0) is 31.2 Å². The Morgan fingerprint density at radius 2 is 1.70 bits per heavy atom. The first-order chi connectivity index (χ1) is 14.6. The first-order valence-electron chi connectivity index (χ1n) is 11.5. The van der Waals surface area contributed by atoms with Crippen LogP contribution in [0.3, 0.4) is 0 Å². The van der Waals surface area contributed by atoms with E-state index in [-0.39, 0.29) is 11.3 Å². The number of aliphatic imine (C=N–C) groups is 1. The lowest BCUT2D eigenvalue weighted by molar-refractivity contribution is -0.140. The maximum atomic E-state index is 12.8. The summed E-state index contributed by atoms with van der Waals surface area (Å²) in [5, 5.41) is 3.65. The molecule has 0 atom stereocenters. The highest BCUT2D eigenvalue weighted by Crippen LogP contribution is 2.31. The van der Waals surface area contributed by atoms with Gasteiger partial charge in [0.15, 0.2) is 5.96 Å². The summed E-state index contributed by atoms with van der Waals surface area (Å²) in [5.41, 5.74) is 1.48. The van der Waals surface area contributed by atoms with Crippen molar-refractivity contribution in [2.24, 2.45) is 10.9 Å². The van der Waals surface area contributed by atoms with E-state index in [2.05, 4.69) is 59.4 Å². The lowest BCUT2D eigenvalue weighted by Crippen LogP contribution is -2.51. The van der Waals surface area contributed by atoms with E-state index in [9.17, 15) is 4.79 Å². The molecule has 0 aromatic heterocycles. The molecule has 30 heavy (non-hydrogen) atoms. The van der Waals surface area contributed by atoms with E-state index in [0.29, 0.717) is 19.1 Å². The Kier molecular flexibility index (Phi) is 8.14. The molecule has 0 saturated carbocycles. The van der Waals surface area contributed by atoms with Gasteiger partial charge in [-0.15, -0.1) is 0 Å². The summed E-state index contributed by atoms with van der Waals surface area (Å²) in [5.74, 6) is 1.39. The van der Waals surface area contributed by atoms with E-state index < -0.39 is 0 Å². The van der Waals surface area contributed by atoms with E-state index in [1.54, 1.807) is 0 Å². The molecule has 0 aliphatic carbocycles. The number of hydrogen-bond acceptors (Lipinski definition) is 3. The number of piperidine rings is 1. The maximum absolute atomic E-state index is 12.8. The molecule has 2 aliphatic rings. The molecule has 0 bridgehead atoms. The maximum Gasteiger partial charge on any atom is 0.225 e. The Bertz CT molecular complexity index is 688. The minimum absolute atomic E-state index is 0.0990. The number of carbonyl (C=O) groups is 1. The molecule has 166 valence electrons. The Balaban J connectivity index is 1.56. The molecule has 6 heteroatoms. The van der Waals surface area contributed by atoms with Crippen LogP contribution in [0.4, 0.5) is 0 Å². The van der Waals surface area contributed by atoms with E-state index in [1.807, 2.05) is 11.9 Å². The number of guanidine groups is 1. The van der Waals surface area contributed by atoms with Crippen LogP contribution in [0.2, 0.25) is 0 Å². The summed E-state index contributed by atoms with van der Waals surface area (Å²) in [4.78, 5) is 21.6. The first-order valence-corrected chi connectivity index (χ1v) is 11.5. The van der Waals surface area contributed by atoms with Crippen molar-refractivity contribution in [3.05, 3.63) is 35.9 Å². The lowest BCUT2D eigenvalue weighted by atomic mass is 9.76. The van der Waals surface area contributed by atoms with Crippen LogP contribution in [-0.2, 0) is 14.9 Å². The van der Waals surface area contributed by atoms with Crippen molar-refractivity contribution in [3.8, 4) is 0 Å². The van der Waals surface area contributed by atoms with Crippen LogP contribution in [0, 0.1) is 5.92 Å². The largest absolute Gasteiger partial charge is 0.378 e. The van der Waals surface area contributed by atoms with Gasteiger partial charge in [0, 0.05) is 51.1 Å². The number of nitrogens with zero attached hydrogens (tertiary/aromatic N) is 3. The van der Waals surface area contributed by atoms with Gasteiger partial charge in [0.25, 0.3) is 0 Å². The van der Waals surface area contributed by atoms with Gasteiger partial charge in [-0.25, -0.2) is 0 Å². The second kappa shape index (κ2) is 10.8. The van der Waals surface area contributed by atoms with Crippen LogP contribution in [-0.4, -0.2) is 74.7 Å². The highest BCUT2D eigenvalue weighted by Gasteiger charge is 2.32. The Labute approximate surface area is 181 Å². The van der Waals surface area contributed by atoms with Gasteiger partial charge in [0.1, 0.15) is 0 Å². The lowest BCUT2D eigenvalue weighted by Gasteiger charge is -2.38. The molecule has 6 nitrogen and oxygen atoms in total. The second-order valence-electron chi connectivity index (χ2n) is 8.45. The summed E-state index contributed by atoms with van der Waals surface area (Å²) < 4.78 is 5.38. The Morgan fingerprint density at radius 1 is 1.07 bits per heavy atom. The van der Waals surface area contributed by atoms with Gasteiger partial charge >= 0.3 is 0 Å². The summed E-state index contributed by atoms with van der Waals surface area (Å²) in [7, 11) is 1.86. The van der Waals surface area contributed by atoms with Crippen molar-refractivity contribution in [1.82, 2.24) is 15.1 Å². The van der Waals surface area contributed by atoms with Crippen LogP contribution in [0.25, 0.3) is 0 Å². The van der Waals surface area contributed by atoms with Gasteiger partial charge < -0.3 is 19.9 Å². The fourth-order valence-corrected chi connectivity index (χ4v) is 4.76. The third kappa shape index (κ3) is 5.15. The number of rotatable bonds is 6. The van der Waals surface area contributed by atoms with E-state index >= 15 is 0 Å². The molecular weight excluding hydrogens is 376 g/mol. The highest BCUT2D eigenvalue weighted by molar-refractivity contribution is 5.82. The standard InChI is InChI=1S/C24H38N4O2/c1-4-24(5-2,21-9-7-6-8-10-21)19-26-23(25-3)28-13-11-20(12-14-28)22(29)27-15-17-30-18-16-27/h6-10,20H,4-5,11-19H2,1-3H3,(H,25,26). The minimum atomic E-state index is 0.0990. The zero-order valence-electron chi connectivity index (χ0n) is 18.9. The minimum Gasteiger partial charge on any atom is -0.378 e. The van der Waals surface area contributed by atoms with Crippen molar-refractivity contribution in [2.75, 3.05) is 53.0 Å². The monoisotopic (exact) mass is 414 g/mol. The number of likely N-dealkylation sites (tertiary alicyclic amines) is 1. The van der Waals surface area contributed by atoms with E-state index in [1.165, 1.54) is 5.56 Å². The van der Waals surface area contributed by atoms with E-state index in [0.717, 1.165) is 64.4 Å². The fraction of sp³-hybridized carbons (Fsp3) is 0.667. The Hall–Kier alpha value is -2.08. The number of amides is 1. The van der Waals surface area contributed by atoms with E-state index in [4.69, 9.17) is 4.74 Å². The molecular formula is C24H38N4O2. The fourth-order valence-electron chi connectivity index (χ4n) is 4.76. The molecule has 3 rings (SSSR count). The normalized spacial score (nSPS) is 19.1. The third-order valence-corrected chi connectivity index (χ3v) is 7.00. The molecule has 1 aromatic rings. The summed E-state index contributed by atoms with van der Waals surface area (Å²) in [6, 6.07) is 10.8. The summed E-state index contributed by atoms with van der Waals surface area (Å²) >= 11 is 0. The highest BCUT2D eigenvalue weighted by atomic mass is 16.5.